The number of carbonyl (C=O) groups is 2. The molecule has 180 valence electrons. The Morgan fingerprint density at radius 1 is 1.11 bits per heavy atom. The molecule has 0 saturated carbocycles. The van der Waals surface area contributed by atoms with Crippen LogP contribution in [0, 0.1) is 0 Å². The number of ether oxygens (including phenoxy) is 2. The van der Waals surface area contributed by atoms with Gasteiger partial charge < -0.3 is 14.8 Å². The smallest absolute Gasteiger partial charge is 0.415 e. The Morgan fingerprint density at radius 2 is 2.00 bits per heavy atom. The first kappa shape index (κ1) is 21.4. The molecule has 5 heterocycles. The highest BCUT2D eigenvalue weighted by Crippen LogP contribution is 2.30. The number of rotatable bonds is 5. The van der Waals surface area contributed by atoms with E-state index in [0.29, 0.717) is 36.3 Å². The zero-order chi connectivity index (χ0) is 24.1. The number of amides is 2. The zero-order valence-corrected chi connectivity index (χ0v) is 18.9. The van der Waals surface area contributed by atoms with Gasteiger partial charge in [-0.1, -0.05) is 12.1 Å². The van der Waals surface area contributed by atoms with E-state index >= 15 is 0 Å². The van der Waals surface area contributed by atoms with E-state index in [2.05, 4.69) is 10.3 Å². The van der Waals surface area contributed by atoms with Gasteiger partial charge in [0.1, 0.15) is 11.9 Å². The maximum atomic E-state index is 13.1. The van der Waals surface area contributed by atoms with Gasteiger partial charge in [-0.05, 0) is 49.4 Å². The Bertz CT molecular complexity index is 1490. The Balaban J connectivity index is 1.16. The van der Waals surface area contributed by atoms with Crippen LogP contribution in [0.3, 0.4) is 0 Å². The number of aryl methyl sites for hydroxylation is 2. The molecule has 0 bridgehead atoms. The lowest BCUT2D eigenvalue weighted by molar-refractivity contribution is -0.118. The fourth-order valence-electron chi connectivity index (χ4n) is 5.03. The summed E-state index contributed by atoms with van der Waals surface area (Å²) >= 11 is 0. The molecule has 1 saturated heterocycles. The molecular weight excluding hydrogens is 454 g/mol. The average Bonchev–Trinajstić information content (AvgIpc) is 3.24. The molecule has 11 heteroatoms. The van der Waals surface area contributed by atoms with Crippen LogP contribution in [0.25, 0.3) is 10.9 Å². The SMILES string of the molecule is O=C1COc2ccc(N3C[C@H](CCCn4c(=O)c5cccc6c5n(c4=O)CCC6)OC3=O)nc2N1. The highest BCUT2D eigenvalue weighted by Gasteiger charge is 2.34. The molecule has 11 nitrogen and oxygen atoms in total. The van der Waals surface area contributed by atoms with E-state index in [9.17, 15) is 19.2 Å². The molecule has 35 heavy (non-hydrogen) atoms. The monoisotopic (exact) mass is 477 g/mol. The third-order valence-electron chi connectivity index (χ3n) is 6.67. The lowest BCUT2D eigenvalue weighted by Gasteiger charge is -2.20. The number of benzene rings is 1. The van der Waals surface area contributed by atoms with E-state index in [4.69, 9.17) is 9.47 Å². The maximum absolute atomic E-state index is 13.1. The quantitative estimate of drug-likeness (QED) is 0.592. The van der Waals surface area contributed by atoms with Crippen LogP contribution in [0.1, 0.15) is 24.8 Å². The first-order valence-electron chi connectivity index (χ1n) is 11.7. The van der Waals surface area contributed by atoms with E-state index in [-0.39, 0.29) is 42.7 Å². The Hall–Kier alpha value is -4.15. The average molecular weight is 477 g/mol. The molecular formula is C24H23N5O6. The van der Waals surface area contributed by atoms with Crippen molar-refractivity contribution >= 4 is 34.5 Å². The minimum atomic E-state index is -0.537. The van der Waals surface area contributed by atoms with Gasteiger partial charge in [-0.3, -0.25) is 23.6 Å². The molecule has 1 N–H and O–H groups in total. The van der Waals surface area contributed by atoms with Crippen molar-refractivity contribution in [2.75, 3.05) is 23.4 Å². The van der Waals surface area contributed by atoms with Gasteiger partial charge in [0.25, 0.3) is 11.5 Å². The number of nitrogens with one attached hydrogen (secondary N) is 1. The van der Waals surface area contributed by atoms with E-state index < -0.39 is 12.2 Å². The zero-order valence-electron chi connectivity index (χ0n) is 18.9. The van der Waals surface area contributed by atoms with Crippen LogP contribution in [0.2, 0.25) is 0 Å². The van der Waals surface area contributed by atoms with Crippen LogP contribution in [0.15, 0.2) is 39.9 Å². The number of carbonyl (C=O) groups excluding carboxylic acids is 2. The molecule has 3 aliphatic heterocycles. The van der Waals surface area contributed by atoms with Crippen LogP contribution in [-0.2, 0) is 29.0 Å². The summed E-state index contributed by atoms with van der Waals surface area (Å²) in [4.78, 5) is 55.9. The number of hydrogen-bond acceptors (Lipinski definition) is 7. The molecule has 6 rings (SSSR count). The summed E-state index contributed by atoms with van der Waals surface area (Å²) in [5, 5.41) is 3.19. The number of cyclic esters (lactones) is 1. The summed E-state index contributed by atoms with van der Waals surface area (Å²) in [5.74, 6) is 0.740. The number of hydrogen-bond donors (Lipinski definition) is 1. The Labute approximate surface area is 198 Å². The number of pyridine rings is 1. The molecule has 1 atom stereocenters. The normalized spacial score (nSPS) is 18.7. The summed E-state index contributed by atoms with van der Waals surface area (Å²) in [5.41, 5.74) is 1.22. The number of nitrogens with zero attached hydrogens (tertiary/aromatic N) is 4. The van der Waals surface area contributed by atoms with Gasteiger partial charge in [0, 0.05) is 13.1 Å². The second kappa shape index (κ2) is 8.26. The number of para-hydroxylation sites is 1. The number of anilines is 2. The predicted octanol–water partition coefficient (Wildman–Crippen LogP) is 1.64. The van der Waals surface area contributed by atoms with Crippen molar-refractivity contribution in [3.8, 4) is 5.75 Å². The largest absolute Gasteiger partial charge is 0.480 e. The van der Waals surface area contributed by atoms with Crippen LogP contribution < -0.4 is 26.2 Å². The van der Waals surface area contributed by atoms with Gasteiger partial charge in [0.15, 0.2) is 18.2 Å². The minimum absolute atomic E-state index is 0.0750. The molecule has 1 aromatic carbocycles. The molecule has 3 aliphatic rings. The lowest BCUT2D eigenvalue weighted by atomic mass is 10.0. The Morgan fingerprint density at radius 3 is 2.89 bits per heavy atom. The third kappa shape index (κ3) is 3.63. The summed E-state index contributed by atoms with van der Waals surface area (Å²) < 4.78 is 13.8. The molecule has 0 unspecified atom stereocenters. The van der Waals surface area contributed by atoms with Gasteiger partial charge >= 0.3 is 11.8 Å². The van der Waals surface area contributed by atoms with Crippen molar-refractivity contribution in [1.29, 1.82) is 0 Å². The van der Waals surface area contributed by atoms with Gasteiger partial charge in [0.2, 0.25) is 0 Å². The fraction of sp³-hybridized carbons (Fsp3) is 0.375. The van der Waals surface area contributed by atoms with Crippen LogP contribution in [0.4, 0.5) is 16.4 Å². The number of aromatic nitrogens is 3. The molecule has 2 amide bonds. The van der Waals surface area contributed by atoms with Crippen molar-refractivity contribution < 1.29 is 19.1 Å². The molecule has 1 fully saturated rings. The van der Waals surface area contributed by atoms with Crippen LogP contribution >= 0.6 is 0 Å². The summed E-state index contributed by atoms with van der Waals surface area (Å²) in [6.45, 7) is 1.04. The standard InChI is InChI=1S/C24H23N5O6/c30-19-13-34-17-8-9-18(25-21(17)26-19)29-12-15(35-24(29)33)6-3-11-28-22(31)16-7-1-4-14-5-2-10-27(20(14)16)23(28)32/h1,4,7-9,15H,2-3,5-6,10-13H2,(H,25,26,30)/t15-/m0/s1. The second-order valence-corrected chi connectivity index (χ2v) is 8.92. The molecule has 3 aromatic rings. The molecule has 0 spiro atoms. The molecule has 2 aromatic heterocycles. The van der Waals surface area contributed by atoms with Crippen molar-refractivity contribution in [2.45, 2.75) is 44.9 Å². The van der Waals surface area contributed by atoms with E-state index in [0.717, 1.165) is 23.9 Å². The first-order valence-corrected chi connectivity index (χ1v) is 11.7. The van der Waals surface area contributed by atoms with E-state index in [1.807, 2.05) is 12.1 Å². The Kier molecular flexibility index (Phi) is 5.05. The van der Waals surface area contributed by atoms with E-state index in [1.54, 1.807) is 22.8 Å². The van der Waals surface area contributed by atoms with Crippen LogP contribution in [-0.4, -0.2) is 45.4 Å². The lowest BCUT2D eigenvalue weighted by Crippen LogP contribution is -2.41. The topological polar surface area (TPSA) is 125 Å². The summed E-state index contributed by atoms with van der Waals surface area (Å²) in [7, 11) is 0. The fourth-order valence-corrected chi connectivity index (χ4v) is 5.03. The third-order valence-corrected chi connectivity index (χ3v) is 6.67. The predicted molar refractivity (Wildman–Crippen MR) is 126 cm³/mol. The van der Waals surface area contributed by atoms with Crippen molar-refractivity contribution in [1.82, 2.24) is 14.1 Å². The summed E-state index contributed by atoms with van der Waals surface area (Å²) in [6.07, 6.45) is 1.76. The maximum Gasteiger partial charge on any atom is 0.415 e. The molecule has 0 aliphatic carbocycles. The second-order valence-electron chi connectivity index (χ2n) is 8.92. The van der Waals surface area contributed by atoms with Gasteiger partial charge in [-0.2, -0.15) is 0 Å². The highest BCUT2D eigenvalue weighted by molar-refractivity contribution is 5.95. The number of fused-ring (bicyclic) bond motifs is 1. The highest BCUT2D eigenvalue weighted by atomic mass is 16.6. The van der Waals surface area contributed by atoms with Gasteiger partial charge in [-0.25, -0.2) is 14.6 Å². The minimum Gasteiger partial charge on any atom is -0.480 e. The van der Waals surface area contributed by atoms with Crippen molar-refractivity contribution in [3.05, 3.63) is 56.7 Å². The summed E-state index contributed by atoms with van der Waals surface area (Å²) in [6, 6.07) is 8.89. The molecule has 0 radical (unpaired) electrons. The van der Waals surface area contributed by atoms with Crippen molar-refractivity contribution in [2.24, 2.45) is 0 Å². The van der Waals surface area contributed by atoms with E-state index in [1.165, 1.54) is 9.47 Å². The van der Waals surface area contributed by atoms with Crippen molar-refractivity contribution in [3.63, 3.8) is 0 Å². The van der Waals surface area contributed by atoms with Gasteiger partial charge in [-0.15, -0.1) is 0 Å². The first-order chi connectivity index (χ1) is 17.0. The van der Waals surface area contributed by atoms with Crippen LogP contribution in [0.5, 0.6) is 5.75 Å². The van der Waals surface area contributed by atoms with Gasteiger partial charge in [0.05, 0.1) is 17.4 Å².